The van der Waals surface area contributed by atoms with Crippen molar-refractivity contribution in [2.45, 2.75) is 26.4 Å². The van der Waals surface area contributed by atoms with E-state index >= 15 is 0 Å². The molecule has 6 heteroatoms. The number of hydrogen-bond acceptors (Lipinski definition) is 5. The summed E-state index contributed by atoms with van der Waals surface area (Å²) in [5, 5.41) is 3.83. The van der Waals surface area contributed by atoms with Gasteiger partial charge >= 0.3 is 0 Å². The number of amides is 1. The molecule has 0 N–H and O–H groups in total. The Kier molecular flexibility index (Phi) is 3.60. The minimum Gasteiger partial charge on any atom is -0.472 e. The van der Waals surface area contributed by atoms with Crippen molar-refractivity contribution in [1.82, 2.24) is 15.0 Å². The van der Waals surface area contributed by atoms with E-state index in [1.165, 1.54) is 0 Å². The number of likely N-dealkylation sites (tertiary alicyclic amines) is 1. The molecular weight excluding hydrogens is 270 g/mol. The van der Waals surface area contributed by atoms with Gasteiger partial charge in [0.2, 0.25) is 5.88 Å². The van der Waals surface area contributed by atoms with Crippen LogP contribution in [0.2, 0.25) is 0 Å². The van der Waals surface area contributed by atoms with E-state index in [4.69, 9.17) is 9.26 Å². The van der Waals surface area contributed by atoms with E-state index in [-0.39, 0.29) is 12.0 Å². The van der Waals surface area contributed by atoms with Gasteiger partial charge in [0, 0.05) is 25.2 Å². The highest BCUT2D eigenvalue weighted by Gasteiger charge is 2.31. The first-order valence-corrected chi connectivity index (χ1v) is 6.95. The molecule has 110 valence electrons. The van der Waals surface area contributed by atoms with Crippen LogP contribution in [0, 0.1) is 13.8 Å². The second kappa shape index (κ2) is 5.55. The third-order valence-electron chi connectivity index (χ3n) is 3.60. The Morgan fingerprint density at radius 1 is 1.43 bits per heavy atom. The largest absolute Gasteiger partial charge is 0.472 e. The van der Waals surface area contributed by atoms with Crippen molar-refractivity contribution in [3.63, 3.8) is 0 Å². The first kappa shape index (κ1) is 13.6. The molecule has 1 aliphatic heterocycles. The van der Waals surface area contributed by atoms with Crippen LogP contribution in [0.25, 0.3) is 0 Å². The number of carbonyl (C=O) groups excluding carboxylic acids is 1. The molecule has 1 amide bonds. The Morgan fingerprint density at radius 3 is 2.95 bits per heavy atom. The van der Waals surface area contributed by atoms with Crippen LogP contribution in [0.1, 0.15) is 28.2 Å². The lowest BCUT2D eigenvalue weighted by Crippen LogP contribution is -2.31. The monoisotopic (exact) mass is 287 g/mol. The molecule has 0 saturated carbocycles. The van der Waals surface area contributed by atoms with E-state index in [9.17, 15) is 4.79 Å². The lowest BCUT2D eigenvalue weighted by molar-refractivity contribution is 0.0769. The van der Waals surface area contributed by atoms with Crippen LogP contribution >= 0.6 is 0 Å². The van der Waals surface area contributed by atoms with E-state index in [0.717, 1.165) is 6.42 Å². The Labute approximate surface area is 122 Å². The number of rotatable bonds is 3. The molecule has 1 fully saturated rings. The molecule has 2 aromatic heterocycles. The molecule has 0 aromatic carbocycles. The van der Waals surface area contributed by atoms with Crippen molar-refractivity contribution in [2.24, 2.45) is 0 Å². The van der Waals surface area contributed by atoms with Gasteiger partial charge in [-0.15, -0.1) is 0 Å². The number of nitrogens with zero attached hydrogens (tertiary/aromatic N) is 3. The van der Waals surface area contributed by atoms with Gasteiger partial charge in [0.15, 0.2) is 0 Å². The van der Waals surface area contributed by atoms with E-state index < -0.39 is 0 Å². The first-order valence-electron chi connectivity index (χ1n) is 6.95. The molecule has 21 heavy (non-hydrogen) atoms. The molecule has 2 aromatic rings. The maximum Gasteiger partial charge on any atom is 0.259 e. The van der Waals surface area contributed by atoms with Gasteiger partial charge in [0.1, 0.15) is 17.4 Å². The standard InChI is InChI=1S/C15H17N3O3/c1-10-14(11(2)21-17-10)15(19)18-8-6-12(9-18)20-13-5-3-4-7-16-13/h3-5,7,12H,6,8-9H2,1-2H3. The molecule has 6 nitrogen and oxygen atoms in total. The smallest absolute Gasteiger partial charge is 0.259 e. The lowest BCUT2D eigenvalue weighted by Gasteiger charge is -2.16. The summed E-state index contributed by atoms with van der Waals surface area (Å²) in [5.74, 6) is 1.11. The Balaban J connectivity index is 1.66. The maximum atomic E-state index is 12.5. The normalized spacial score (nSPS) is 18.0. The molecule has 0 spiro atoms. The van der Waals surface area contributed by atoms with E-state index in [1.54, 1.807) is 24.9 Å². The van der Waals surface area contributed by atoms with Gasteiger partial charge in [-0.25, -0.2) is 4.98 Å². The highest BCUT2D eigenvalue weighted by molar-refractivity contribution is 5.96. The SMILES string of the molecule is Cc1noc(C)c1C(=O)N1CCC(Oc2ccccn2)C1. The number of aryl methyl sites for hydroxylation is 2. The predicted molar refractivity (Wildman–Crippen MR) is 75.2 cm³/mol. The van der Waals surface area contributed by atoms with Crippen LogP contribution in [0.3, 0.4) is 0 Å². The second-order valence-electron chi connectivity index (χ2n) is 5.15. The van der Waals surface area contributed by atoms with E-state index in [2.05, 4.69) is 10.1 Å². The van der Waals surface area contributed by atoms with Gasteiger partial charge in [0.05, 0.1) is 12.2 Å². The number of hydrogen-bond donors (Lipinski definition) is 0. The summed E-state index contributed by atoms with van der Waals surface area (Å²) in [5.41, 5.74) is 1.19. The predicted octanol–water partition coefficient (Wildman–Crippen LogP) is 1.98. The molecule has 1 unspecified atom stereocenters. The molecule has 1 saturated heterocycles. The zero-order valence-corrected chi connectivity index (χ0v) is 12.1. The maximum absolute atomic E-state index is 12.5. The summed E-state index contributed by atoms with van der Waals surface area (Å²) in [4.78, 5) is 18.4. The summed E-state index contributed by atoms with van der Waals surface area (Å²) >= 11 is 0. The zero-order chi connectivity index (χ0) is 14.8. The fourth-order valence-electron chi connectivity index (χ4n) is 2.54. The van der Waals surface area contributed by atoms with Gasteiger partial charge in [-0.2, -0.15) is 0 Å². The minimum atomic E-state index is -0.0432. The molecule has 0 aliphatic carbocycles. The van der Waals surface area contributed by atoms with Crippen LogP contribution in [-0.4, -0.2) is 40.1 Å². The lowest BCUT2D eigenvalue weighted by atomic mass is 10.2. The van der Waals surface area contributed by atoms with Crippen molar-refractivity contribution in [2.75, 3.05) is 13.1 Å². The van der Waals surface area contributed by atoms with Crippen molar-refractivity contribution in [1.29, 1.82) is 0 Å². The Hall–Kier alpha value is -2.37. The number of ether oxygens (including phenoxy) is 1. The van der Waals surface area contributed by atoms with Crippen molar-refractivity contribution in [3.05, 3.63) is 41.4 Å². The average molecular weight is 287 g/mol. The summed E-state index contributed by atoms with van der Waals surface area (Å²) < 4.78 is 10.8. The van der Waals surface area contributed by atoms with E-state index in [0.29, 0.717) is 36.0 Å². The molecule has 0 bridgehead atoms. The van der Waals surface area contributed by atoms with Crippen LogP contribution in [0.4, 0.5) is 0 Å². The zero-order valence-electron chi connectivity index (χ0n) is 12.1. The topological polar surface area (TPSA) is 68.5 Å². The second-order valence-corrected chi connectivity index (χ2v) is 5.15. The minimum absolute atomic E-state index is 0.0238. The Morgan fingerprint density at radius 2 is 2.29 bits per heavy atom. The molecular formula is C15H17N3O3. The third kappa shape index (κ3) is 2.74. The van der Waals surface area contributed by atoms with Crippen LogP contribution in [0.5, 0.6) is 5.88 Å². The molecule has 0 radical (unpaired) electrons. The van der Waals surface area contributed by atoms with Gasteiger partial charge in [0.25, 0.3) is 5.91 Å². The number of carbonyl (C=O) groups is 1. The fraction of sp³-hybridized carbons (Fsp3) is 0.400. The highest BCUT2D eigenvalue weighted by Crippen LogP contribution is 2.21. The van der Waals surface area contributed by atoms with Gasteiger partial charge < -0.3 is 14.2 Å². The summed E-state index contributed by atoms with van der Waals surface area (Å²) in [6, 6.07) is 5.54. The molecule has 1 aliphatic rings. The van der Waals surface area contributed by atoms with Crippen molar-refractivity contribution >= 4 is 5.91 Å². The van der Waals surface area contributed by atoms with Gasteiger partial charge in [-0.05, 0) is 19.9 Å². The van der Waals surface area contributed by atoms with E-state index in [1.807, 2.05) is 18.2 Å². The van der Waals surface area contributed by atoms with Crippen LogP contribution in [0.15, 0.2) is 28.9 Å². The number of pyridine rings is 1. The fourth-order valence-corrected chi connectivity index (χ4v) is 2.54. The number of aromatic nitrogens is 2. The molecule has 3 heterocycles. The molecule has 1 atom stereocenters. The quantitative estimate of drug-likeness (QED) is 0.863. The summed E-state index contributed by atoms with van der Waals surface area (Å²) in [6.07, 6.45) is 2.47. The van der Waals surface area contributed by atoms with Crippen molar-refractivity contribution < 1.29 is 14.1 Å². The van der Waals surface area contributed by atoms with Crippen molar-refractivity contribution in [3.8, 4) is 5.88 Å². The molecule has 3 rings (SSSR count). The highest BCUT2D eigenvalue weighted by atomic mass is 16.5. The van der Waals surface area contributed by atoms with Gasteiger partial charge in [-0.3, -0.25) is 4.79 Å². The summed E-state index contributed by atoms with van der Waals surface area (Å²) in [6.45, 7) is 4.76. The Bertz CT molecular complexity index is 619. The average Bonchev–Trinajstić information content (AvgIpc) is 3.07. The third-order valence-corrected chi connectivity index (χ3v) is 3.60. The van der Waals surface area contributed by atoms with Gasteiger partial charge in [-0.1, -0.05) is 11.2 Å². The first-order chi connectivity index (χ1) is 10.1. The van der Waals surface area contributed by atoms with Crippen LogP contribution < -0.4 is 4.74 Å². The van der Waals surface area contributed by atoms with Crippen LogP contribution in [-0.2, 0) is 0 Å². The summed E-state index contributed by atoms with van der Waals surface area (Å²) in [7, 11) is 0.